The van der Waals surface area contributed by atoms with Gasteiger partial charge in [0, 0.05) is 18.1 Å². The Labute approximate surface area is 128 Å². The van der Waals surface area contributed by atoms with Crippen molar-refractivity contribution in [3.63, 3.8) is 0 Å². The molecule has 2 aromatic rings. The maximum atomic E-state index is 11.8. The number of rotatable bonds is 5. The molecule has 1 amide bonds. The molecule has 0 fully saturated rings. The highest BCUT2D eigenvalue weighted by molar-refractivity contribution is 7.99. The molecule has 0 aliphatic heterocycles. The first kappa shape index (κ1) is 15.3. The van der Waals surface area contributed by atoms with E-state index in [0.29, 0.717) is 5.16 Å². The number of carbonyl (C=O) groups is 1. The molecule has 0 saturated heterocycles. The van der Waals surface area contributed by atoms with Gasteiger partial charge in [-0.3, -0.25) is 14.9 Å². The molecule has 0 saturated carbocycles. The van der Waals surface area contributed by atoms with Crippen LogP contribution in [0.15, 0.2) is 29.7 Å². The average Bonchev–Trinajstić information content (AvgIpc) is 2.84. The fourth-order valence-electron chi connectivity index (χ4n) is 1.48. The Morgan fingerprint density at radius 1 is 1.57 bits per heavy atom. The SMILES string of the molecule is Cn1cnnc1SCC(=O)Nc1ccc(Cl)cc1[N+](=O)[O-]. The van der Waals surface area contributed by atoms with Crippen LogP contribution in [0.25, 0.3) is 0 Å². The molecule has 8 nitrogen and oxygen atoms in total. The fraction of sp³-hybridized carbons (Fsp3) is 0.182. The molecule has 10 heteroatoms. The van der Waals surface area contributed by atoms with Crippen molar-refractivity contribution in [2.45, 2.75) is 5.16 Å². The zero-order valence-corrected chi connectivity index (χ0v) is 12.4. The van der Waals surface area contributed by atoms with Crippen molar-refractivity contribution >= 4 is 40.6 Å². The molecule has 0 aliphatic rings. The lowest BCUT2D eigenvalue weighted by Gasteiger charge is -2.06. The van der Waals surface area contributed by atoms with Crippen molar-refractivity contribution in [3.8, 4) is 0 Å². The second kappa shape index (κ2) is 6.55. The number of halogens is 1. The number of thioether (sulfide) groups is 1. The van der Waals surface area contributed by atoms with Crippen LogP contribution >= 0.6 is 23.4 Å². The average molecular weight is 328 g/mol. The quantitative estimate of drug-likeness (QED) is 0.512. The van der Waals surface area contributed by atoms with Crippen molar-refractivity contribution in [1.29, 1.82) is 0 Å². The van der Waals surface area contributed by atoms with Gasteiger partial charge in [0.1, 0.15) is 12.0 Å². The van der Waals surface area contributed by atoms with E-state index < -0.39 is 4.92 Å². The summed E-state index contributed by atoms with van der Waals surface area (Å²) in [4.78, 5) is 22.1. The Morgan fingerprint density at radius 3 is 2.95 bits per heavy atom. The first-order valence-corrected chi connectivity index (χ1v) is 7.04. The summed E-state index contributed by atoms with van der Waals surface area (Å²) >= 11 is 6.88. The number of hydrogen-bond donors (Lipinski definition) is 1. The van der Waals surface area contributed by atoms with E-state index in [9.17, 15) is 14.9 Å². The van der Waals surface area contributed by atoms with E-state index in [2.05, 4.69) is 15.5 Å². The van der Waals surface area contributed by atoms with Crippen LogP contribution in [0, 0.1) is 10.1 Å². The summed E-state index contributed by atoms with van der Waals surface area (Å²) in [5, 5.41) is 21.7. The van der Waals surface area contributed by atoms with E-state index in [1.165, 1.54) is 36.3 Å². The van der Waals surface area contributed by atoms with Gasteiger partial charge >= 0.3 is 0 Å². The van der Waals surface area contributed by atoms with E-state index in [0.717, 1.165) is 0 Å². The molecule has 1 N–H and O–H groups in total. The molecular formula is C11H10ClN5O3S. The standard InChI is InChI=1S/C11H10ClN5O3S/c1-16-6-13-15-11(16)21-5-10(18)14-8-3-2-7(12)4-9(8)17(19)20/h2-4,6H,5H2,1H3,(H,14,18). The summed E-state index contributed by atoms with van der Waals surface area (Å²) < 4.78 is 1.67. The highest BCUT2D eigenvalue weighted by Gasteiger charge is 2.17. The molecule has 21 heavy (non-hydrogen) atoms. The normalized spacial score (nSPS) is 10.4. The minimum absolute atomic E-state index is 0.0618. The number of aryl methyl sites for hydroxylation is 1. The lowest BCUT2D eigenvalue weighted by atomic mass is 10.2. The van der Waals surface area contributed by atoms with Gasteiger partial charge in [0.15, 0.2) is 5.16 Å². The number of nitro benzene ring substituents is 1. The van der Waals surface area contributed by atoms with Crippen molar-refractivity contribution in [2.24, 2.45) is 7.05 Å². The zero-order valence-electron chi connectivity index (χ0n) is 10.8. The molecule has 1 aromatic carbocycles. The Hall–Kier alpha value is -2.13. The van der Waals surface area contributed by atoms with Crippen LogP contribution in [0.3, 0.4) is 0 Å². The third-order valence-electron chi connectivity index (χ3n) is 2.43. The molecule has 0 atom stereocenters. The molecular weight excluding hydrogens is 318 g/mol. The maximum absolute atomic E-state index is 11.8. The van der Waals surface area contributed by atoms with Gasteiger partial charge in [0.05, 0.1) is 10.7 Å². The van der Waals surface area contributed by atoms with Crippen molar-refractivity contribution < 1.29 is 9.72 Å². The fourth-order valence-corrected chi connectivity index (χ4v) is 2.34. The van der Waals surface area contributed by atoms with Gasteiger partial charge < -0.3 is 9.88 Å². The Bertz CT molecular complexity index is 690. The molecule has 0 unspecified atom stereocenters. The predicted molar refractivity (Wildman–Crippen MR) is 78.5 cm³/mol. The smallest absolute Gasteiger partial charge is 0.294 e. The number of carbonyl (C=O) groups excluding carboxylic acids is 1. The van der Waals surface area contributed by atoms with E-state index in [-0.39, 0.29) is 28.1 Å². The summed E-state index contributed by atoms with van der Waals surface area (Å²) in [7, 11) is 1.75. The number of nitrogens with zero attached hydrogens (tertiary/aromatic N) is 4. The number of anilines is 1. The van der Waals surface area contributed by atoms with Crippen molar-refractivity contribution in [1.82, 2.24) is 14.8 Å². The van der Waals surface area contributed by atoms with E-state index in [1.54, 1.807) is 11.6 Å². The van der Waals surface area contributed by atoms with Gasteiger partial charge in [0.2, 0.25) is 5.91 Å². The summed E-state index contributed by atoms with van der Waals surface area (Å²) in [5.41, 5.74) is -0.146. The highest BCUT2D eigenvalue weighted by Crippen LogP contribution is 2.28. The van der Waals surface area contributed by atoms with Crippen LogP contribution in [0.5, 0.6) is 0 Å². The molecule has 0 bridgehead atoms. The molecule has 2 rings (SSSR count). The first-order chi connectivity index (χ1) is 9.97. The van der Waals surface area contributed by atoms with Gasteiger partial charge in [-0.2, -0.15) is 0 Å². The third kappa shape index (κ3) is 3.92. The maximum Gasteiger partial charge on any atom is 0.294 e. The van der Waals surface area contributed by atoms with Gasteiger partial charge in [-0.05, 0) is 12.1 Å². The lowest BCUT2D eigenvalue weighted by Crippen LogP contribution is -2.15. The molecule has 0 aliphatic carbocycles. The number of amides is 1. The van der Waals surface area contributed by atoms with Gasteiger partial charge in [0.25, 0.3) is 5.69 Å². The van der Waals surface area contributed by atoms with E-state index in [1.807, 2.05) is 0 Å². The van der Waals surface area contributed by atoms with Crippen LogP contribution in [0.1, 0.15) is 0 Å². The second-order valence-corrected chi connectivity index (χ2v) is 5.36. The highest BCUT2D eigenvalue weighted by atomic mass is 35.5. The van der Waals surface area contributed by atoms with Crippen molar-refractivity contribution in [3.05, 3.63) is 39.7 Å². The Balaban J connectivity index is 2.03. The molecule has 110 valence electrons. The summed E-state index contributed by atoms with van der Waals surface area (Å²) in [6.45, 7) is 0. The molecule has 1 aromatic heterocycles. The number of nitrogens with one attached hydrogen (secondary N) is 1. The minimum Gasteiger partial charge on any atom is -0.320 e. The van der Waals surface area contributed by atoms with Crippen LogP contribution in [0.4, 0.5) is 11.4 Å². The van der Waals surface area contributed by atoms with Crippen LogP contribution in [-0.4, -0.2) is 31.3 Å². The van der Waals surface area contributed by atoms with Crippen LogP contribution in [-0.2, 0) is 11.8 Å². The topological polar surface area (TPSA) is 103 Å². The molecule has 1 heterocycles. The van der Waals surface area contributed by atoms with Crippen molar-refractivity contribution in [2.75, 3.05) is 11.1 Å². The number of nitro groups is 1. The molecule has 0 spiro atoms. The number of benzene rings is 1. The predicted octanol–water partition coefficient (Wildman–Crippen LogP) is 2.11. The first-order valence-electron chi connectivity index (χ1n) is 5.68. The summed E-state index contributed by atoms with van der Waals surface area (Å²) in [6.07, 6.45) is 1.52. The van der Waals surface area contributed by atoms with Gasteiger partial charge in [-0.25, -0.2) is 0 Å². The third-order valence-corrected chi connectivity index (χ3v) is 3.70. The Kier molecular flexibility index (Phi) is 4.76. The Morgan fingerprint density at radius 2 is 2.33 bits per heavy atom. The van der Waals surface area contributed by atoms with E-state index in [4.69, 9.17) is 11.6 Å². The van der Waals surface area contributed by atoms with Crippen LogP contribution in [0.2, 0.25) is 5.02 Å². The lowest BCUT2D eigenvalue weighted by molar-refractivity contribution is -0.383. The van der Waals surface area contributed by atoms with Gasteiger partial charge in [-0.15, -0.1) is 10.2 Å². The molecule has 0 radical (unpaired) electrons. The second-order valence-electron chi connectivity index (χ2n) is 3.98. The van der Waals surface area contributed by atoms with Crippen LogP contribution < -0.4 is 5.32 Å². The number of hydrogen-bond acceptors (Lipinski definition) is 6. The number of aromatic nitrogens is 3. The summed E-state index contributed by atoms with van der Waals surface area (Å²) in [6, 6.07) is 4.05. The van der Waals surface area contributed by atoms with E-state index >= 15 is 0 Å². The summed E-state index contributed by atoms with van der Waals surface area (Å²) in [5.74, 6) is -0.319. The monoisotopic (exact) mass is 327 g/mol. The largest absolute Gasteiger partial charge is 0.320 e. The minimum atomic E-state index is -0.600. The zero-order chi connectivity index (χ0) is 15.4. The van der Waals surface area contributed by atoms with Gasteiger partial charge in [-0.1, -0.05) is 23.4 Å².